The zero-order valence-corrected chi connectivity index (χ0v) is 18.0. The van der Waals surface area contributed by atoms with Crippen molar-refractivity contribution in [3.8, 4) is 11.1 Å². The van der Waals surface area contributed by atoms with E-state index in [4.69, 9.17) is 9.84 Å². The first-order valence-corrected chi connectivity index (χ1v) is 11.1. The number of carbonyl (C=O) groups is 3. The summed E-state index contributed by atoms with van der Waals surface area (Å²) in [5, 5.41) is 14.5. The van der Waals surface area contributed by atoms with E-state index in [0.717, 1.165) is 11.1 Å². The molecule has 0 aromatic heterocycles. The van der Waals surface area contributed by atoms with Crippen LogP contribution in [-0.4, -0.2) is 42.8 Å². The van der Waals surface area contributed by atoms with Gasteiger partial charge in [-0.2, -0.15) is 0 Å². The van der Waals surface area contributed by atoms with Crippen LogP contribution in [0.15, 0.2) is 48.5 Å². The number of carboxylic acid groups (broad SMARTS) is 1. The maximum atomic E-state index is 12.4. The molecule has 0 aliphatic heterocycles. The number of fused-ring (bicyclic) bond motifs is 3. The first-order valence-electron chi connectivity index (χ1n) is 11.1. The van der Waals surface area contributed by atoms with E-state index in [1.165, 1.54) is 11.1 Å². The molecule has 3 unspecified atom stereocenters. The van der Waals surface area contributed by atoms with E-state index in [1.807, 2.05) is 31.2 Å². The monoisotopic (exact) mass is 436 g/mol. The van der Waals surface area contributed by atoms with Gasteiger partial charge in [0, 0.05) is 19.0 Å². The van der Waals surface area contributed by atoms with Crippen molar-refractivity contribution in [2.75, 3.05) is 19.7 Å². The fourth-order valence-electron chi connectivity index (χ4n) is 4.43. The third-order valence-corrected chi connectivity index (χ3v) is 6.48. The molecule has 0 saturated heterocycles. The van der Waals surface area contributed by atoms with Gasteiger partial charge in [-0.3, -0.25) is 9.59 Å². The number of hydrogen-bond donors (Lipinski definition) is 3. The molecule has 7 nitrogen and oxygen atoms in total. The molecule has 32 heavy (non-hydrogen) atoms. The molecule has 1 saturated carbocycles. The van der Waals surface area contributed by atoms with Gasteiger partial charge in [0.05, 0.1) is 11.8 Å². The first kappa shape index (κ1) is 21.9. The van der Waals surface area contributed by atoms with Crippen molar-refractivity contribution in [2.24, 2.45) is 17.8 Å². The number of rotatable bonds is 9. The normalized spacial score (nSPS) is 19.4. The van der Waals surface area contributed by atoms with Crippen molar-refractivity contribution >= 4 is 18.0 Å². The molecule has 0 bridgehead atoms. The van der Waals surface area contributed by atoms with Crippen molar-refractivity contribution < 1.29 is 24.2 Å². The smallest absolute Gasteiger partial charge is 0.407 e. The molecular weight excluding hydrogens is 408 g/mol. The highest BCUT2D eigenvalue weighted by atomic mass is 16.5. The molecule has 2 amide bonds. The number of nitrogens with one attached hydrogen (secondary N) is 2. The zero-order chi connectivity index (χ0) is 22.7. The standard InChI is InChI=1S/C25H28N2O5/c1-2-15(23(28)26-13-16-11-21(16)24(29)30)12-27-25(31)32-14-22-19-9-5-3-7-17(19)18-8-4-6-10-20(18)22/h3-10,15-16,21-22H,2,11-14H2,1H3,(H,26,28)(H,27,31)(H,29,30). The van der Waals surface area contributed by atoms with Crippen LogP contribution in [-0.2, 0) is 14.3 Å². The second-order valence-corrected chi connectivity index (χ2v) is 8.50. The molecule has 2 aromatic carbocycles. The predicted molar refractivity (Wildman–Crippen MR) is 119 cm³/mol. The minimum Gasteiger partial charge on any atom is -0.481 e. The van der Waals surface area contributed by atoms with E-state index in [2.05, 4.69) is 34.9 Å². The minimum absolute atomic E-state index is 0.00375. The van der Waals surface area contributed by atoms with E-state index in [0.29, 0.717) is 19.4 Å². The number of amides is 2. The van der Waals surface area contributed by atoms with Gasteiger partial charge >= 0.3 is 12.1 Å². The minimum atomic E-state index is -0.812. The average molecular weight is 437 g/mol. The van der Waals surface area contributed by atoms with E-state index in [9.17, 15) is 14.4 Å². The van der Waals surface area contributed by atoms with Gasteiger partial charge < -0.3 is 20.5 Å². The Morgan fingerprint density at radius 1 is 1.03 bits per heavy atom. The Hall–Kier alpha value is -3.35. The molecule has 1 fully saturated rings. The quantitative estimate of drug-likeness (QED) is 0.559. The molecule has 2 aliphatic rings. The zero-order valence-electron chi connectivity index (χ0n) is 18.0. The molecular formula is C25H28N2O5. The molecule has 0 heterocycles. The molecule has 2 aromatic rings. The number of aliphatic carboxylic acids is 1. The van der Waals surface area contributed by atoms with Crippen molar-refractivity contribution in [3.63, 3.8) is 0 Å². The highest BCUT2D eigenvalue weighted by Gasteiger charge is 2.43. The van der Waals surface area contributed by atoms with Crippen LogP contribution in [0, 0.1) is 17.8 Å². The van der Waals surface area contributed by atoms with Crippen LogP contribution >= 0.6 is 0 Å². The highest BCUT2D eigenvalue weighted by Crippen LogP contribution is 2.44. The lowest BCUT2D eigenvalue weighted by Crippen LogP contribution is -2.39. The summed E-state index contributed by atoms with van der Waals surface area (Å²) >= 11 is 0. The molecule has 168 valence electrons. The number of carbonyl (C=O) groups excluding carboxylic acids is 2. The van der Waals surface area contributed by atoms with Crippen LogP contribution in [0.3, 0.4) is 0 Å². The topological polar surface area (TPSA) is 105 Å². The van der Waals surface area contributed by atoms with Gasteiger partial charge in [0.15, 0.2) is 0 Å². The summed E-state index contributed by atoms with van der Waals surface area (Å²) in [7, 11) is 0. The van der Waals surface area contributed by atoms with Crippen molar-refractivity contribution in [1.29, 1.82) is 0 Å². The van der Waals surface area contributed by atoms with E-state index >= 15 is 0 Å². The van der Waals surface area contributed by atoms with Gasteiger partial charge in [-0.1, -0.05) is 55.5 Å². The van der Waals surface area contributed by atoms with Gasteiger partial charge in [0.1, 0.15) is 6.61 Å². The van der Waals surface area contributed by atoms with E-state index in [-0.39, 0.29) is 36.8 Å². The molecule has 3 N–H and O–H groups in total. The molecule has 0 radical (unpaired) electrons. The maximum absolute atomic E-state index is 12.4. The average Bonchev–Trinajstić information content (AvgIpc) is 3.52. The Balaban J connectivity index is 1.26. The van der Waals surface area contributed by atoms with E-state index < -0.39 is 18.0 Å². The Morgan fingerprint density at radius 3 is 2.22 bits per heavy atom. The van der Waals surface area contributed by atoms with E-state index in [1.54, 1.807) is 0 Å². The van der Waals surface area contributed by atoms with Gasteiger partial charge in [-0.05, 0) is 41.0 Å². The lowest BCUT2D eigenvalue weighted by atomic mass is 9.98. The number of benzene rings is 2. The fourth-order valence-corrected chi connectivity index (χ4v) is 4.43. The third-order valence-electron chi connectivity index (χ3n) is 6.48. The Labute approximate surface area is 187 Å². The number of hydrogen-bond acceptors (Lipinski definition) is 4. The van der Waals surface area contributed by atoms with Crippen LogP contribution in [0.5, 0.6) is 0 Å². The molecule has 3 atom stereocenters. The summed E-state index contributed by atoms with van der Waals surface area (Å²) in [5.74, 6) is -1.74. The summed E-state index contributed by atoms with van der Waals surface area (Å²) in [5.41, 5.74) is 4.63. The Morgan fingerprint density at radius 2 is 1.66 bits per heavy atom. The SMILES string of the molecule is CCC(CNC(=O)OCC1c2ccccc2-c2ccccc21)C(=O)NCC1CC1C(=O)O. The lowest BCUT2D eigenvalue weighted by molar-refractivity contribution is -0.139. The second kappa shape index (κ2) is 9.42. The summed E-state index contributed by atoms with van der Waals surface area (Å²) < 4.78 is 5.52. The van der Waals surface area contributed by atoms with Crippen LogP contribution in [0.1, 0.15) is 36.8 Å². The van der Waals surface area contributed by atoms with Gasteiger partial charge in [0.2, 0.25) is 5.91 Å². The van der Waals surface area contributed by atoms with Gasteiger partial charge in [-0.25, -0.2) is 4.79 Å². The molecule has 4 rings (SSSR count). The van der Waals surface area contributed by atoms with Crippen LogP contribution in [0.4, 0.5) is 4.79 Å². The Kier molecular flexibility index (Phi) is 6.44. The number of ether oxygens (including phenoxy) is 1. The summed E-state index contributed by atoms with van der Waals surface area (Å²) in [4.78, 5) is 35.6. The van der Waals surface area contributed by atoms with Crippen LogP contribution < -0.4 is 10.6 Å². The summed E-state index contributed by atoms with van der Waals surface area (Å²) in [6.45, 7) is 2.63. The van der Waals surface area contributed by atoms with Crippen molar-refractivity contribution in [3.05, 3.63) is 59.7 Å². The van der Waals surface area contributed by atoms with Crippen molar-refractivity contribution in [2.45, 2.75) is 25.7 Å². The largest absolute Gasteiger partial charge is 0.481 e. The van der Waals surface area contributed by atoms with Gasteiger partial charge in [-0.15, -0.1) is 0 Å². The predicted octanol–water partition coefficient (Wildman–Crippen LogP) is 3.39. The molecule has 0 spiro atoms. The summed E-state index contributed by atoms with van der Waals surface area (Å²) in [6, 6.07) is 16.3. The Bertz CT molecular complexity index is 975. The van der Waals surface area contributed by atoms with Crippen LogP contribution in [0.25, 0.3) is 11.1 Å². The van der Waals surface area contributed by atoms with Crippen molar-refractivity contribution in [1.82, 2.24) is 10.6 Å². The van der Waals surface area contributed by atoms with Gasteiger partial charge in [0.25, 0.3) is 0 Å². The second-order valence-electron chi connectivity index (χ2n) is 8.50. The van der Waals surface area contributed by atoms with Crippen LogP contribution in [0.2, 0.25) is 0 Å². The summed E-state index contributed by atoms with van der Waals surface area (Å²) in [6.07, 6.45) is 0.610. The first-order chi connectivity index (χ1) is 15.5. The maximum Gasteiger partial charge on any atom is 0.407 e. The molecule has 7 heteroatoms. The lowest BCUT2D eigenvalue weighted by Gasteiger charge is -2.17. The number of alkyl carbamates (subject to hydrolysis) is 1. The third kappa shape index (κ3) is 4.61. The fraction of sp³-hybridized carbons (Fsp3) is 0.400. The number of carboxylic acids is 1. The molecule has 2 aliphatic carbocycles. The highest BCUT2D eigenvalue weighted by molar-refractivity contribution is 5.81.